The van der Waals surface area contributed by atoms with Gasteiger partial charge in [-0.15, -0.1) is 0 Å². The molecule has 0 unspecified atom stereocenters. The van der Waals surface area contributed by atoms with Crippen LogP contribution < -0.4 is 10.2 Å². The van der Waals surface area contributed by atoms with Crippen LogP contribution in [-0.2, 0) is 0 Å². The van der Waals surface area contributed by atoms with Crippen molar-refractivity contribution in [1.29, 1.82) is 0 Å². The number of hydrogen-bond acceptors (Lipinski definition) is 3. The molecule has 6 nitrogen and oxygen atoms in total. The van der Waals surface area contributed by atoms with Crippen LogP contribution in [-0.4, -0.2) is 40.8 Å². The fourth-order valence-electron chi connectivity index (χ4n) is 3.01. The minimum absolute atomic E-state index is 0.148. The molecule has 0 aliphatic carbocycles. The van der Waals surface area contributed by atoms with Crippen molar-refractivity contribution in [3.05, 3.63) is 35.9 Å². The van der Waals surface area contributed by atoms with Crippen LogP contribution in [0, 0.1) is 12.5 Å². The second kappa shape index (κ2) is 6.16. The second-order valence-electron chi connectivity index (χ2n) is 7.14. The van der Waals surface area contributed by atoms with Crippen molar-refractivity contribution >= 4 is 22.8 Å². The van der Waals surface area contributed by atoms with Crippen molar-refractivity contribution in [3.8, 4) is 0 Å². The largest absolute Gasteiger partial charge is 0.353 e. The number of aromatic nitrogens is 2. The molecule has 1 N–H and O–H groups in total. The highest BCUT2D eigenvalue weighted by Gasteiger charge is 2.45. The van der Waals surface area contributed by atoms with E-state index in [2.05, 4.69) is 33.9 Å². The number of carbonyl (C=O) groups excluding carboxylic acids is 1. The number of para-hydroxylation sites is 1. The minimum atomic E-state index is -0.307. The number of carbonyl (C=O) groups is 1. The summed E-state index contributed by atoms with van der Waals surface area (Å²) in [6.07, 6.45) is 2.53. The summed E-state index contributed by atoms with van der Waals surface area (Å²) in [6.45, 7) is 15.5. The molecule has 1 fully saturated rings. The molecule has 0 bridgehead atoms. The zero-order valence-corrected chi connectivity index (χ0v) is 14.4. The molecule has 1 aromatic carbocycles. The maximum atomic E-state index is 12.4. The number of nitrogens with zero attached hydrogens (tertiary/aromatic N) is 4. The van der Waals surface area contributed by atoms with Gasteiger partial charge in [0.05, 0.1) is 24.3 Å². The Labute approximate surface area is 142 Å². The highest BCUT2D eigenvalue weighted by atomic mass is 16.2. The molecule has 1 aliphatic rings. The van der Waals surface area contributed by atoms with E-state index in [1.807, 2.05) is 25.1 Å². The molecule has 1 saturated heterocycles. The van der Waals surface area contributed by atoms with Gasteiger partial charge in [0.2, 0.25) is 0 Å². The van der Waals surface area contributed by atoms with Crippen LogP contribution in [0.25, 0.3) is 15.9 Å². The Hall–Kier alpha value is -2.55. The van der Waals surface area contributed by atoms with Crippen LogP contribution in [0.2, 0.25) is 0 Å². The lowest BCUT2D eigenvalue weighted by molar-refractivity contribution is 0.242. The Morgan fingerprint density at radius 2 is 2.21 bits per heavy atom. The summed E-state index contributed by atoms with van der Waals surface area (Å²) in [5.74, 6) is 0.555. The number of benzene rings is 1. The third-order valence-corrected chi connectivity index (χ3v) is 4.45. The number of imidazole rings is 1. The summed E-state index contributed by atoms with van der Waals surface area (Å²) in [7, 11) is 0. The molecule has 3 rings (SSSR count). The van der Waals surface area contributed by atoms with E-state index in [-0.39, 0.29) is 11.6 Å². The maximum absolute atomic E-state index is 12.4. The standard InChI is InChI=1S/C18H23N5O/c1-13(2)8-9-20-17(24)23-12-21-16-14(6-5-7-15(16)23)22-10-18(3,11-22)19-4/h5-7,12-13H,8-11H2,1-3H3,(H,20,24). The normalized spacial score (nSPS) is 16.0. The first-order valence-electron chi connectivity index (χ1n) is 8.31. The van der Waals surface area contributed by atoms with E-state index >= 15 is 0 Å². The topological polar surface area (TPSA) is 54.5 Å². The SMILES string of the molecule is [C-]#[N+]C1(C)CN(c2cccc3c2ncn3C(=O)NCCC(C)C)C1. The van der Waals surface area contributed by atoms with Gasteiger partial charge in [0.15, 0.2) is 0 Å². The molecular weight excluding hydrogens is 302 g/mol. The first-order valence-corrected chi connectivity index (χ1v) is 8.31. The number of hydrogen-bond donors (Lipinski definition) is 1. The van der Waals surface area contributed by atoms with E-state index in [4.69, 9.17) is 6.57 Å². The van der Waals surface area contributed by atoms with Crippen molar-refractivity contribution in [2.24, 2.45) is 5.92 Å². The van der Waals surface area contributed by atoms with Crippen molar-refractivity contribution in [3.63, 3.8) is 0 Å². The third kappa shape index (κ3) is 2.94. The van der Waals surface area contributed by atoms with Crippen LogP contribution in [0.1, 0.15) is 27.2 Å². The highest BCUT2D eigenvalue weighted by molar-refractivity contribution is 5.95. The van der Waals surface area contributed by atoms with Gasteiger partial charge in [-0.05, 0) is 24.5 Å². The Balaban J connectivity index is 1.80. The maximum Gasteiger partial charge on any atom is 0.327 e. The van der Waals surface area contributed by atoms with Gasteiger partial charge in [-0.25, -0.2) is 16.4 Å². The third-order valence-electron chi connectivity index (χ3n) is 4.45. The molecule has 6 heteroatoms. The van der Waals surface area contributed by atoms with E-state index in [0.717, 1.165) is 23.1 Å². The average Bonchev–Trinajstić information content (AvgIpc) is 2.95. The molecular formula is C18H23N5O. The van der Waals surface area contributed by atoms with Gasteiger partial charge in [0, 0.05) is 13.5 Å². The van der Waals surface area contributed by atoms with Crippen molar-refractivity contribution < 1.29 is 4.79 Å². The summed E-state index contributed by atoms with van der Waals surface area (Å²) in [5.41, 5.74) is 2.29. The monoisotopic (exact) mass is 325 g/mol. The fraction of sp³-hybridized carbons (Fsp3) is 0.500. The van der Waals surface area contributed by atoms with Gasteiger partial charge in [-0.2, -0.15) is 0 Å². The van der Waals surface area contributed by atoms with Crippen LogP contribution in [0.5, 0.6) is 0 Å². The quantitative estimate of drug-likeness (QED) is 0.879. The molecule has 0 spiro atoms. The molecule has 1 aliphatic heterocycles. The molecule has 0 saturated carbocycles. The van der Waals surface area contributed by atoms with Gasteiger partial charge in [0.25, 0.3) is 5.54 Å². The number of fused-ring (bicyclic) bond motifs is 1. The molecule has 1 aromatic heterocycles. The van der Waals surface area contributed by atoms with Crippen molar-refractivity contribution in [2.75, 3.05) is 24.5 Å². The van der Waals surface area contributed by atoms with Crippen molar-refractivity contribution in [2.45, 2.75) is 32.7 Å². The smallest absolute Gasteiger partial charge is 0.327 e. The molecule has 0 atom stereocenters. The Morgan fingerprint density at radius 3 is 2.88 bits per heavy atom. The number of rotatable bonds is 4. The van der Waals surface area contributed by atoms with E-state index in [1.165, 1.54) is 0 Å². The summed E-state index contributed by atoms with van der Waals surface area (Å²) in [4.78, 5) is 22.6. The number of amides is 1. The summed E-state index contributed by atoms with van der Waals surface area (Å²) >= 11 is 0. The van der Waals surface area contributed by atoms with Crippen LogP contribution >= 0.6 is 0 Å². The Morgan fingerprint density at radius 1 is 1.46 bits per heavy atom. The summed E-state index contributed by atoms with van der Waals surface area (Å²) < 4.78 is 1.56. The molecule has 126 valence electrons. The molecule has 0 radical (unpaired) electrons. The van der Waals surface area contributed by atoms with Crippen LogP contribution in [0.3, 0.4) is 0 Å². The predicted molar refractivity (Wildman–Crippen MR) is 95.2 cm³/mol. The van der Waals surface area contributed by atoms with E-state index in [9.17, 15) is 4.79 Å². The highest BCUT2D eigenvalue weighted by Crippen LogP contribution is 2.34. The lowest BCUT2D eigenvalue weighted by atomic mass is 9.92. The van der Waals surface area contributed by atoms with Gasteiger partial charge >= 0.3 is 6.03 Å². The van der Waals surface area contributed by atoms with Crippen LogP contribution in [0.15, 0.2) is 24.5 Å². The number of nitrogens with one attached hydrogen (secondary N) is 1. The second-order valence-corrected chi connectivity index (χ2v) is 7.14. The van der Waals surface area contributed by atoms with E-state index in [1.54, 1.807) is 10.9 Å². The Kier molecular flexibility index (Phi) is 4.18. The average molecular weight is 325 g/mol. The molecule has 2 heterocycles. The van der Waals surface area contributed by atoms with Gasteiger partial charge in [-0.1, -0.05) is 19.9 Å². The first-order chi connectivity index (χ1) is 11.4. The van der Waals surface area contributed by atoms with Gasteiger partial charge in [0.1, 0.15) is 11.8 Å². The first kappa shape index (κ1) is 16.3. The molecule has 24 heavy (non-hydrogen) atoms. The summed E-state index contributed by atoms with van der Waals surface area (Å²) in [5, 5.41) is 2.94. The summed E-state index contributed by atoms with van der Waals surface area (Å²) in [6, 6.07) is 5.69. The predicted octanol–water partition coefficient (Wildman–Crippen LogP) is 3.14. The lowest BCUT2D eigenvalue weighted by Crippen LogP contribution is -2.58. The minimum Gasteiger partial charge on any atom is -0.353 e. The number of anilines is 1. The van der Waals surface area contributed by atoms with Crippen molar-refractivity contribution in [1.82, 2.24) is 14.9 Å². The Bertz CT molecular complexity index is 795. The molecule has 2 aromatic rings. The van der Waals surface area contributed by atoms with E-state index < -0.39 is 0 Å². The zero-order chi connectivity index (χ0) is 17.3. The lowest BCUT2D eigenvalue weighted by Gasteiger charge is -2.40. The fourth-order valence-corrected chi connectivity index (χ4v) is 3.01. The zero-order valence-electron chi connectivity index (χ0n) is 14.4. The van der Waals surface area contributed by atoms with Gasteiger partial charge < -0.3 is 15.1 Å². The van der Waals surface area contributed by atoms with Crippen LogP contribution in [0.4, 0.5) is 10.5 Å². The van der Waals surface area contributed by atoms with E-state index in [0.29, 0.717) is 25.6 Å². The van der Waals surface area contributed by atoms with Gasteiger partial charge in [-0.3, -0.25) is 4.57 Å². The molecule has 1 amide bonds.